The van der Waals surface area contributed by atoms with Crippen LogP contribution in [0.2, 0.25) is 0 Å². The number of carbonyl (C=O) groups is 2. The van der Waals surface area contributed by atoms with Gasteiger partial charge in [0.25, 0.3) is 11.8 Å². The fraction of sp³-hybridized carbons (Fsp3) is 0.562. The maximum absolute atomic E-state index is 14.4. The summed E-state index contributed by atoms with van der Waals surface area (Å²) >= 11 is 6.06. The average molecular weight is 575 g/mol. The van der Waals surface area contributed by atoms with Crippen LogP contribution in [0.1, 0.15) is 80.3 Å². The molecule has 5 atom stereocenters. The minimum Gasteiger partial charge on any atom is -0.358 e. The van der Waals surface area contributed by atoms with Crippen LogP contribution in [0.25, 0.3) is 0 Å². The highest BCUT2D eigenvalue weighted by atomic mass is 32.1. The molecule has 1 saturated heterocycles. The first-order valence-electron chi connectivity index (χ1n) is 15.4. The van der Waals surface area contributed by atoms with Crippen LogP contribution < -0.4 is 20.9 Å². The van der Waals surface area contributed by atoms with Gasteiger partial charge in [-0.2, -0.15) is 0 Å². The maximum Gasteiger partial charge on any atom is 0.270 e. The van der Waals surface area contributed by atoms with E-state index in [9.17, 15) is 9.59 Å². The number of hydrogen-bond donors (Lipinski definition) is 3. The number of likely N-dealkylation sites (tertiary alicyclic amines) is 1. The largest absolute Gasteiger partial charge is 0.358 e. The smallest absolute Gasteiger partial charge is 0.270 e. The van der Waals surface area contributed by atoms with Crippen molar-refractivity contribution in [3.05, 3.63) is 59.9 Å². The molecule has 0 bridgehead atoms. The highest BCUT2D eigenvalue weighted by Crippen LogP contribution is 2.48. The number of anilines is 1. The minimum atomic E-state index is -1.07. The van der Waals surface area contributed by atoms with E-state index in [0.717, 1.165) is 56.4 Å². The van der Waals surface area contributed by atoms with E-state index in [-0.39, 0.29) is 29.8 Å². The number of nitrogens with one attached hydrogen (secondary N) is 3. The summed E-state index contributed by atoms with van der Waals surface area (Å²) < 4.78 is 0. The summed E-state index contributed by atoms with van der Waals surface area (Å²) in [5.41, 5.74) is 1.13. The van der Waals surface area contributed by atoms with Crippen molar-refractivity contribution in [1.82, 2.24) is 25.8 Å². The van der Waals surface area contributed by atoms with Gasteiger partial charge in [0.1, 0.15) is 5.69 Å². The van der Waals surface area contributed by atoms with Crippen molar-refractivity contribution in [2.24, 2.45) is 5.92 Å². The van der Waals surface area contributed by atoms with Gasteiger partial charge in [0.15, 0.2) is 10.7 Å². The first-order valence-corrected chi connectivity index (χ1v) is 15.8. The quantitative estimate of drug-likeness (QED) is 0.448. The number of nitrogens with zero attached hydrogens (tertiary/aromatic N) is 3. The fourth-order valence-corrected chi connectivity index (χ4v) is 8.21. The average Bonchev–Trinajstić information content (AvgIpc) is 3.61. The van der Waals surface area contributed by atoms with Crippen molar-refractivity contribution in [2.45, 2.75) is 87.9 Å². The molecule has 0 unspecified atom stereocenters. The van der Waals surface area contributed by atoms with Crippen molar-refractivity contribution >= 4 is 34.8 Å². The predicted molar refractivity (Wildman–Crippen MR) is 165 cm³/mol. The molecule has 2 aliphatic carbocycles. The Morgan fingerprint density at radius 1 is 0.902 bits per heavy atom. The van der Waals surface area contributed by atoms with Gasteiger partial charge in [0.2, 0.25) is 0 Å². The Balaban J connectivity index is 1.31. The molecule has 3 N–H and O–H groups in total. The molecule has 9 heteroatoms. The molecule has 2 saturated carbocycles. The third kappa shape index (κ3) is 5.34. The zero-order valence-electron chi connectivity index (χ0n) is 24.0. The van der Waals surface area contributed by atoms with E-state index in [0.29, 0.717) is 16.8 Å². The molecular weight excluding hydrogens is 532 g/mol. The van der Waals surface area contributed by atoms with Crippen LogP contribution in [0.5, 0.6) is 0 Å². The molecule has 0 radical (unpaired) electrons. The summed E-state index contributed by atoms with van der Waals surface area (Å²) in [5.74, 6) is -0.407. The van der Waals surface area contributed by atoms with E-state index >= 15 is 0 Å². The third-order valence-corrected chi connectivity index (χ3v) is 10.1. The van der Waals surface area contributed by atoms with Gasteiger partial charge in [0, 0.05) is 48.5 Å². The number of rotatable bonds is 6. The highest BCUT2D eigenvalue weighted by molar-refractivity contribution is 7.80. The van der Waals surface area contributed by atoms with Crippen LogP contribution >= 0.6 is 12.2 Å². The van der Waals surface area contributed by atoms with Crippen molar-refractivity contribution in [2.75, 3.05) is 25.0 Å². The summed E-state index contributed by atoms with van der Waals surface area (Å²) in [6.45, 7) is 2.31. The first-order chi connectivity index (χ1) is 20.0. The Bertz CT molecular complexity index is 1270. The van der Waals surface area contributed by atoms with Crippen LogP contribution in [0.4, 0.5) is 5.69 Å². The summed E-state index contributed by atoms with van der Waals surface area (Å²) in [6.07, 6.45) is 12.4. The number of para-hydroxylation sites is 1. The van der Waals surface area contributed by atoms with E-state index in [1.807, 2.05) is 37.4 Å². The Labute approximate surface area is 248 Å². The number of benzene rings is 1. The van der Waals surface area contributed by atoms with Crippen LogP contribution in [0.3, 0.4) is 0 Å². The molecule has 218 valence electrons. The summed E-state index contributed by atoms with van der Waals surface area (Å²) in [4.78, 5) is 36.4. The molecule has 2 aliphatic heterocycles. The van der Waals surface area contributed by atoms with Gasteiger partial charge in [-0.3, -0.25) is 19.5 Å². The SMILES string of the molecule is CN1C(=O)[C@](NC(=S)N[C@H]2CCCC[C@@H]2N2CCCC2)([C@H]2CCCC[C@@H]2NC(=O)c2ccccn2)c2ccccc21. The third-order valence-electron chi connectivity index (χ3n) is 9.83. The van der Waals surface area contributed by atoms with Gasteiger partial charge >= 0.3 is 0 Å². The zero-order valence-corrected chi connectivity index (χ0v) is 24.8. The molecule has 2 amide bonds. The highest BCUT2D eigenvalue weighted by Gasteiger charge is 2.58. The van der Waals surface area contributed by atoms with Crippen molar-refractivity contribution in [3.63, 3.8) is 0 Å². The Hall–Kier alpha value is -3.04. The lowest BCUT2D eigenvalue weighted by Crippen LogP contribution is -2.65. The number of carbonyl (C=O) groups excluding carboxylic acids is 2. The lowest BCUT2D eigenvalue weighted by molar-refractivity contribution is -0.126. The molecule has 8 nitrogen and oxygen atoms in total. The number of aromatic nitrogens is 1. The van der Waals surface area contributed by atoms with Crippen LogP contribution in [0, 0.1) is 5.92 Å². The topological polar surface area (TPSA) is 89.6 Å². The molecule has 1 aromatic heterocycles. The van der Waals surface area contributed by atoms with Crippen molar-refractivity contribution < 1.29 is 9.59 Å². The van der Waals surface area contributed by atoms with Gasteiger partial charge in [-0.1, -0.05) is 49.9 Å². The van der Waals surface area contributed by atoms with Gasteiger partial charge < -0.3 is 20.9 Å². The number of thiocarbonyl (C=S) groups is 1. The van der Waals surface area contributed by atoms with E-state index in [1.54, 1.807) is 23.2 Å². The molecule has 4 aliphatic rings. The lowest BCUT2D eigenvalue weighted by atomic mass is 9.68. The second-order valence-electron chi connectivity index (χ2n) is 12.2. The molecule has 6 rings (SSSR count). The fourth-order valence-electron chi connectivity index (χ4n) is 7.90. The molecule has 3 fully saturated rings. The Morgan fingerprint density at radius 2 is 1.61 bits per heavy atom. The minimum absolute atomic E-state index is 0.0217. The Morgan fingerprint density at radius 3 is 2.39 bits per heavy atom. The van der Waals surface area contributed by atoms with Crippen LogP contribution in [-0.2, 0) is 10.3 Å². The molecule has 1 aromatic carbocycles. The van der Waals surface area contributed by atoms with Gasteiger partial charge in [-0.05, 0) is 82.0 Å². The summed E-state index contributed by atoms with van der Waals surface area (Å²) in [7, 11) is 1.84. The summed E-state index contributed by atoms with van der Waals surface area (Å²) in [5, 5.41) is 11.1. The summed E-state index contributed by atoms with van der Waals surface area (Å²) in [6, 6.07) is 13.9. The maximum atomic E-state index is 14.4. The van der Waals surface area contributed by atoms with E-state index in [2.05, 4.69) is 25.8 Å². The van der Waals surface area contributed by atoms with Crippen molar-refractivity contribution in [3.8, 4) is 0 Å². The molecule has 2 aromatic rings. The number of hydrogen-bond acceptors (Lipinski definition) is 5. The monoisotopic (exact) mass is 574 g/mol. The second-order valence-corrected chi connectivity index (χ2v) is 12.6. The standard InChI is InChI=1S/C32H42N6O2S/c1-37-27-17-6-3-13-23(27)32(30(37)40,22-12-2-4-14-24(22)34-29(39)26-16-8-9-19-33-26)36-31(41)35-25-15-5-7-18-28(25)38-20-10-11-21-38/h3,6,8-9,13,16-17,19,22,24-25,28H,2,4-5,7,10-12,14-15,18,20-21H2,1H3,(H,34,39)(H2,35,36,41)/t22-,24-,25-,28-,32-/m0/s1. The van der Waals surface area contributed by atoms with Gasteiger partial charge in [-0.25, -0.2) is 0 Å². The van der Waals surface area contributed by atoms with E-state index in [4.69, 9.17) is 12.2 Å². The second kappa shape index (κ2) is 12.1. The first kappa shape index (κ1) is 28.1. The normalized spacial score (nSPS) is 30.1. The van der Waals surface area contributed by atoms with Crippen LogP contribution in [-0.4, -0.2) is 65.1 Å². The lowest BCUT2D eigenvalue weighted by Gasteiger charge is -2.45. The number of likely N-dealkylation sites (N-methyl/N-ethyl adjacent to an activating group) is 1. The molecule has 3 heterocycles. The van der Waals surface area contributed by atoms with E-state index < -0.39 is 5.54 Å². The molecular formula is C32H42N6O2S. The van der Waals surface area contributed by atoms with Gasteiger partial charge in [-0.15, -0.1) is 0 Å². The van der Waals surface area contributed by atoms with E-state index in [1.165, 1.54) is 32.1 Å². The van der Waals surface area contributed by atoms with Crippen LogP contribution in [0.15, 0.2) is 48.7 Å². The van der Waals surface area contributed by atoms with Crippen molar-refractivity contribution in [1.29, 1.82) is 0 Å². The molecule has 0 spiro atoms. The number of amides is 2. The molecule has 41 heavy (non-hydrogen) atoms. The Kier molecular flexibility index (Phi) is 8.26. The zero-order chi connectivity index (χ0) is 28.4. The van der Waals surface area contributed by atoms with Gasteiger partial charge in [0.05, 0.1) is 0 Å². The number of pyridine rings is 1. The number of fused-ring (bicyclic) bond motifs is 1. The predicted octanol–water partition coefficient (Wildman–Crippen LogP) is 4.11.